The number of hydrogen-bond acceptors (Lipinski definition) is 2. The average Bonchev–Trinajstić information content (AvgIpc) is 3.04. The number of carbonyl (C=O) groups is 1. The first-order valence-electron chi connectivity index (χ1n) is 6.86. The van der Waals surface area contributed by atoms with Gasteiger partial charge in [-0.15, -0.1) is 0 Å². The van der Waals surface area contributed by atoms with Crippen LogP contribution in [0.3, 0.4) is 0 Å². The average molecular weight is 333 g/mol. The molecule has 0 radical (unpaired) electrons. The molecule has 4 heteroatoms. The SMILES string of the molecule is Cn1cc(C(=O)/C=C/N2CCCC2)c2cc(Br)ccc21. The fourth-order valence-corrected chi connectivity index (χ4v) is 3.08. The quantitative estimate of drug-likeness (QED) is 0.632. The third-order valence-electron chi connectivity index (χ3n) is 3.79. The van der Waals surface area contributed by atoms with Crippen molar-refractivity contribution in [2.45, 2.75) is 12.8 Å². The molecule has 1 aliphatic rings. The van der Waals surface area contributed by atoms with Gasteiger partial charge < -0.3 is 9.47 Å². The van der Waals surface area contributed by atoms with Crippen LogP contribution in [0.25, 0.3) is 10.9 Å². The molecule has 0 spiro atoms. The zero-order valence-corrected chi connectivity index (χ0v) is 13.1. The molecule has 0 amide bonds. The molecule has 1 aromatic heterocycles. The van der Waals surface area contributed by atoms with Crippen molar-refractivity contribution in [3.05, 3.63) is 46.7 Å². The number of rotatable bonds is 3. The minimum absolute atomic E-state index is 0.0700. The maximum atomic E-state index is 12.4. The van der Waals surface area contributed by atoms with Crippen LogP contribution in [-0.4, -0.2) is 28.3 Å². The van der Waals surface area contributed by atoms with Crippen LogP contribution in [0, 0.1) is 0 Å². The first-order chi connectivity index (χ1) is 9.65. The van der Waals surface area contributed by atoms with E-state index in [-0.39, 0.29) is 5.78 Å². The molecular weight excluding hydrogens is 316 g/mol. The highest BCUT2D eigenvalue weighted by atomic mass is 79.9. The topological polar surface area (TPSA) is 25.2 Å². The molecule has 3 nitrogen and oxygen atoms in total. The van der Waals surface area contributed by atoms with E-state index >= 15 is 0 Å². The van der Waals surface area contributed by atoms with Crippen molar-refractivity contribution in [3.8, 4) is 0 Å². The number of fused-ring (bicyclic) bond motifs is 1. The lowest BCUT2D eigenvalue weighted by atomic mass is 10.1. The monoisotopic (exact) mass is 332 g/mol. The molecule has 3 rings (SSSR count). The van der Waals surface area contributed by atoms with Gasteiger partial charge in [0.05, 0.1) is 0 Å². The Kier molecular flexibility index (Phi) is 3.66. The highest BCUT2D eigenvalue weighted by molar-refractivity contribution is 9.10. The molecule has 1 aromatic carbocycles. The number of likely N-dealkylation sites (tertiary alicyclic amines) is 1. The number of nitrogens with zero attached hydrogens (tertiary/aromatic N) is 2. The molecule has 2 aromatic rings. The second-order valence-electron chi connectivity index (χ2n) is 5.24. The summed E-state index contributed by atoms with van der Waals surface area (Å²) in [6.07, 6.45) is 7.99. The lowest BCUT2D eigenvalue weighted by Gasteiger charge is -2.09. The Hall–Kier alpha value is -1.55. The minimum atomic E-state index is 0.0700. The summed E-state index contributed by atoms with van der Waals surface area (Å²) in [5, 5.41) is 0.998. The van der Waals surface area contributed by atoms with Gasteiger partial charge in [-0.3, -0.25) is 4.79 Å². The van der Waals surface area contributed by atoms with Gasteiger partial charge in [-0.05, 0) is 31.0 Å². The van der Waals surface area contributed by atoms with Crippen LogP contribution >= 0.6 is 15.9 Å². The van der Waals surface area contributed by atoms with E-state index in [1.165, 1.54) is 12.8 Å². The van der Waals surface area contributed by atoms with E-state index in [0.717, 1.165) is 34.0 Å². The molecule has 0 aliphatic carbocycles. The number of benzene rings is 1. The number of carbonyl (C=O) groups excluding carboxylic acids is 1. The number of halogens is 1. The first kappa shape index (κ1) is 13.4. The molecule has 0 unspecified atom stereocenters. The summed E-state index contributed by atoms with van der Waals surface area (Å²) in [6, 6.07) is 6.03. The molecule has 1 fully saturated rings. The number of hydrogen-bond donors (Lipinski definition) is 0. The summed E-state index contributed by atoms with van der Waals surface area (Å²) in [7, 11) is 1.97. The van der Waals surface area contributed by atoms with Gasteiger partial charge in [0, 0.05) is 59.5 Å². The third kappa shape index (κ3) is 2.52. The van der Waals surface area contributed by atoms with Crippen LogP contribution in [0.5, 0.6) is 0 Å². The number of aryl methyl sites for hydroxylation is 1. The van der Waals surface area contributed by atoms with E-state index in [1.807, 2.05) is 42.2 Å². The van der Waals surface area contributed by atoms with Crippen LogP contribution < -0.4 is 0 Å². The van der Waals surface area contributed by atoms with Crippen LogP contribution in [0.15, 0.2) is 41.1 Å². The molecular formula is C16H17BrN2O. The van der Waals surface area contributed by atoms with Gasteiger partial charge in [0.1, 0.15) is 0 Å². The summed E-state index contributed by atoms with van der Waals surface area (Å²) < 4.78 is 2.99. The van der Waals surface area contributed by atoms with Crippen molar-refractivity contribution in [1.29, 1.82) is 0 Å². The second kappa shape index (κ2) is 5.44. The van der Waals surface area contributed by atoms with Crippen LogP contribution in [0.1, 0.15) is 23.2 Å². The van der Waals surface area contributed by atoms with E-state index in [0.29, 0.717) is 0 Å². The number of ketones is 1. The van der Waals surface area contributed by atoms with Gasteiger partial charge in [-0.1, -0.05) is 15.9 Å². The smallest absolute Gasteiger partial charge is 0.189 e. The highest BCUT2D eigenvalue weighted by Gasteiger charge is 2.13. The Bertz CT molecular complexity index is 681. The number of aromatic nitrogens is 1. The first-order valence-corrected chi connectivity index (χ1v) is 7.65. The minimum Gasteiger partial charge on any atom is -0.377 e. The van der Waals surface area contributed by atoms with Crippen molar-refractivity contribution >= 4 is 32.6 Å². The normalized spacial score (nSPS) is 15.6. The van der Waals surface area contributed by atoms with Gasteiger partial charge in [0.2, 0.25) is 0 Å². The molecule has 104 valence electrons. The lowest BCUT2D eigenvalue weighted by Crippen LogP contribution is -2.11. The van der Waals surface area contributed by atoms with Crippen LogP contribution in [-0.2, 0) is 7.05 Å². The Morgan fingerprint density at radius 1 is 1.30 bits per heavy atom. The maximum Gasteiger partial charge on any atom is 0.189 e. The second-order valence-corrected chi connectivity index (χ2v) is 6.15. The maximum absolute atomic E-state index is 12.4. The molecule has 0 atom stereocenters. The summed E-state index contributed by atoms with van der Waals surface area (Å²) in [4.78, 5) is 14.6. The Morgan fingerprint density at radius 2 is 2.05 bits per heavy atom. The van der Waals surface area contributed by atoms with Gasteiger partial charge in [-0.2, -0.15) is 0 Å². The largest absolute Gasteiger partial charge is 0.377 e. The van der Waals surface area contributed by atoms with Crippen LogP contribution in [0.4, 0.5) is 0 Å². The van der Waals surface area contributed by atoms with Gasteiger partial charge in [-0.25, -0.2) is 0 Å². The van der Waals surface area contributed by atoms with Crippen molar-refractivity contribution in [2.24, 2.45) is 7.05 Å². The van der Waals surface area contributed by atoms with E-state index in [9.17, 15) is 4.79 Å². The summed E-state index contributed by atoms with van der Waals surface area (Å²) in [5.74, 6) is 0.0700. The van der Waals surface area contributed by atoms with Crippen molar-refractivity contribution in [3.63, 3.8) is 0 Å². The van der Waals surface area contributed by atoms with Crippen molar-refractivity contribution < 1.29 is 4.79 Å². The predicted octanol–water partition coefficient (Wildman–Crippen LogP) is 3.73. The lowest BCUT2D eigenvalue weighted by molar-refractivity contribution is 0.104. The fourth-order valence-electron chi connectivity index (χ4n) is 2.71. The van der Waals surface area contributed by atoms with E-state index in [4.69, 9.17) is 0 Å². The molecule has 1 aliphatic heterocycles. The number of allylic oxidation sites excluding steroid dienone is 1. The molecule has 20 heavy (non-hydrogen) atoms. The molecule has 1 saturated heterocycles. The standard InChI is InChI=1S/C16H17BrN2O/c1-18-11-14(13-10-12(17)4-5-15(13)18)16(20)6-9-19-7-2-3-8-19/h4-6,9-11H,2-3,7-8H2,1H3/b9-6+. The predicted molar refractivity (Wildman–Crippen MR) is 84.9 cm³/mol. The van der Waals surface area contributed by atoms with Gasteiger partial charge in [0.15, 0.2) is 5.78 Å². The fraction of sp³-hybridized carbons (Fsp3) is 0.312. The van der Waals surface area contributed by atoms with E-state index < -0.39 is 0 Å². The Labute approximate surface area is 127 Å². The van der Waals surface area contributed by atoms with Crippen LogP contribution in [0.2, 0.25) is 0 Å². The Morgan fingerprint density at radius 3 is 2.80 bits per heavy atom. The van der Waals surface area contributed by atoms with Crippen molar-refractivity contribution in [1.82, 2.24) is 9.47 Å². The summed E-state index contributed by atoms with van der Waals surface area (Å²) in [5.41, 5.74) is 1.84. The van der Waals surface area contributed by atoms with E-state index in [2.05, 4.69) is 20.8 Å². The molecule has 0 N–H and O–H groups in total. The zero-order valence-electron chi connectivity index (χ0n) is 11.5. The van der Waals surface area contributed by atoms with Gasteiger partial charge >= 0.3 is 0 Å². The molecule has 2 heterocycles. The van der Waals surface area contributed by atoms with E-state index in [1.54, 1.807) is 6.08 Å². The zero-order chi connectivity index (χ0) is 14.1. The highest BCUT2D eigenvalue weighted by Crippen LogP contribution is 2.25. The summed E-state index contributed by atoms with van der Waals surface area (Å²) in [6.45, 7) is 2.12. The van der Waals surface area contributed by atoms with Gasteiger partial charge in [0.25, 0.3) is 0 Å². The molecule has 0 bridgehead atoms. The Balaban J connectivity index is 1.92. The summed E-state index contributed by atoms with van der Waals surface area (Å²) >= 11 is 3.47. The molecule has 0 saturated carbocycles. The third-order valence-corrected chi connectivity index (χ3v) is 4.29. The van der Waals surface area contributed by atoms with Crippen molar-refractivity contribution in [2.75, 3.05) is 13.1 Å².